The van der Waals surface area contributed by atoms with Crippen LogP contribution in [0.1, 0.15) is 37.7 Å². The topological polar surface area (TPSA) is 37.3 Å². The fourth-order valence-electron chi connectivity index (χ4n) is 2.49. The Morgan fingerprint density at radius 1 is 1.28 bits per heavy atom. The van der Waals surface area contributed by atoms with Crippen molar-refractivity contribution in [1.29, 1.82) is 0 Å². The average Bonchev–Trinajstić information content (AvgIpc) is 2.38. The number of allylic oxidation sites excluding steroid dienone is 1. The predicted octanol–water partition coefficient (Wildman–Crippen LogP) is 4.21. The summed E-state index contributed by atoms with van der Waals surface area (Å²) >= 11 is 0. The van der Waals surface area contributed by atoms with E-state index in [-0.39, 0.29) is 10.9 Å². The number of hydrogen-bond acceptors (Lipinski definition) is 1. The van der Waals surface area contributed by atoms with E-state index in [9.17, 15) is 13.8 Å². The minimum Gasteiger partial charge on any atom is -0.343 e. The van der Waals surface area contributed by atoms with Crippen LogP contribution in [-0.4, -0.2) is 4.89 Å². The Kier molecular flexibility index (Phi) is 4.73. The maximum absolute atomic E-state index is 13.7. The van der Waals surface area contributed by atoms with Crippen LogP contribution in [0.5, 0.6) is 0 Å². The summed E-state index contributed by atoms with van der Waals surface area (Å²) in [6.45, 7) is 0. The molecule has 0 aromatic heterocycles. The van der Waals surface area contributed by atoms with Crippen LogP contribution >= 0.6 is 8.03 Å². The second kappa shape index (κ2) is 6.31. The van der Waals surface area contributed by atoms with Gasteiger partial charge in [-0.2, -0.15) is 0 Å². The van der Waals surface area contributed by atoms with E-state index in [0.29, 0.717) is 5.92 Å². The van der Waals surface area contributed by atoms with Crippen LogP contribution in [0.2, 0.25) is 0 Å². The molecule has 1 aromatic rings. The highest BCUT2D eigenvalue weighted by atomic mass is 31.1. The molecule has 4 heteroatoms. The number of hydrogen-bond donors (Lipinski definition) is 1. The van der Waals surface area contributed by atoms with Gasteiger partial charge in [-0.1, -0.05) is 43.5 Å². The van der Waals surface area contributed by atoms with E-state index in [4.69, 9.17) is 0 Å². The van der Waals surface area contributed by atoms with E-state index in [2.05, 4.69) is 0 Å². The van der Waals surface area contributed by atoms with Gasteiger partial charge in [0.1, 0.15) is 5.82 Å². The summed E-state index contributed by atoms with van der Waals surface area (Å²) in [6, 6.07) is 6.18. The van der Waals surface area contributed by atoms with Gasteiger partial charge in [0, 0.05) is 10.9 Å². The molecule has 2 rings (SSSR count). The quantitative estimate of drug-likeness (QED) is 0.833. The lowest BCUT2D eigenvalue weighted by Crippen LogP contribution is -2.03. The van der Waals surface area contributed by atoms with Crippen molar-refractivity contribution in [3.05, 3.63) is 41.7 Å². The van der Waals surface area contributed by atoms with Gasteiger partial charge in [0.05, 0.1) is 0 Å². The summed E-state index contributed by atoms with van der Waals surface area (Å²) in [5.41, 5.74) is 0.273. The van der Waals surface area contributed by atoms with E-state index in [1.165, 1.54) is 12.5 Å². The van der Waals surface area contributed by atoms with Gasteiger partial charge in [0.25, 0.3) is 0 Å². The largest absolute Gasteiger partial charge is 0.343 e. The maximum atomic E-state index is 13.7. The van der Waals surface area contributed by atoms with Crippen molar-refractivity contribution < 1.29 is 13.8 Å². The standard InChI is InChI=1S/C14H18FO2P/c15-13-9-5-4-8-12(13)14(18(16)17)10-11-6-2-1-3-7-11/h4-5,8-11,18H,1-3,6-7H2,(H,16,17). The van der Waals surface area contributed by atoms with E-state index < -0.39 is 13.8 Å². The van der Waals surface area contributed by atoms with Crippen LogP contribution in [0.25, 0.3) is 5.31 Å². The Morgan fingerprint density at radius 2 is 1.94 bits per heavy atom. The second-order valence-corrected chi connectivity index (χ2v) is 5.91. The molecule has 1 unspecified atom stereocenters. The molecule has 0 spiro atoms. The molecule has 1 aliphatic carbocycles. The van der Waals surface area contributed by atoms with Crippen LogP contribution in [0.4, 0.5) is 4.39 Å². The minimum atomic E-state index is -2.88. The maximum Gasteiger partial charge on any atom is 0.218 e. The monoisotopic (exact) mass is 268 g/mol. The Labute approximate surface area is 107 Å². The van der Waals surface area contributed by atoms with Gasteiger partial charge in [0.2, 0.25) is 8.03 Å². The molecule has 1 atom stereocenters. The smallest absolute Gasteiger partial charge is 0.218 e. The first-order valence-electron chi connectivity index (χ1n) is 6.38. The highest BCUT2D eigenvalue weighted by Crippen LogP contribution is 2.40. The van der Waals surface area contributed by atoms with Gasteiger partial charge in [-0.05, 0) is 24.8 Å². The Hall–Kier alpha value is -0.920. The Bertz CT molecular complexity index is 465. The highest BCUT2D eigenvalue weighted by Gasteiger charge is 2.17. The van der Waals surface area contributed by atoms with Crippen molar-refractivity contribution >= 4 is 13.3 Å². The van der Waals surface area contributed by atoms with Crippen molar-refractivity contribution in [3.63, 3.8) is 0 Å². The number of rotatable bonds is 3. The van der Waals surface area contributed by atoms with E-state index in [1.54, 1.807) is 18.2 Å². The zero-order valence-corrected chi connectivity index (χ0v) is 11.2. The van der Waals surface area contributed by atoms with E-state index in [1.807, 2.05) is 6.08 Å². The zero-order valence-electron chi connectivity index (χ0n) is 10.2. The van der Waals surface area contributed by atoms with Gasteiger partial charge in [0.15, 0.2) is 0 Å². The lowest BCUT2D eigenvalue weighted by molar-refractivity contribution is 0.420. The lowest BCUT2D eigenvalue weighted by atomic mass is 9.88. The van der Waals surface area contributed by atoms with E-state index >= 15 is 0 Å². The fourth-order valence-corrected chi connectivity index (χ4v) is 3.30. The molecule has 18 heavy (non-hydrogen) atoms. The molecular formula is C14H18FO2P. The predicted molar refractivity (Wildman–Crippen MR) is 72.2 cm³/mol. The molecule has 1 saturated carbocycles. The zero-order chi connectivity index (χ0) is 13.0. The van der Waals surface area contributed by atoms with Crippen molar-refractivity contribution in [2.75, 3.05) is 0 Å². The van der Waals surface area contributed by atoms with Crippen LogP contribution in [0.3, 0.4) is 0 Å². The van der Waals surface area contributed by atoms with Crippen LogP contribution in [-0.2, 0) is 4.57 Å². The first-order valence-corrected chi connectivity index (χ1v) is 7.74. The number of benzene rings is 1. The molecule has 0 saturated heterocycles. The summed E-state index contributed by atoms with van der Waals surface area (Å²) in [6.07, 6.45) is 7.42. The molecule has 98 valence electrons. The van der Waals surface area contributed by atoms with Crippen molar-refractivity contribution in [3.8, 4) is 0 Å². The number of halogens is 1. The molecule has 0 amide bonds. The molecule has 1 N–H and O–H groups in total. The van der Waals surface area contributed by atoms with Gasteiger partial charge in [-0.3, -0.25) is 4.57 Å². The molecular weight excluding hydrogens is 250 g/mol. The van der Waals surface area contributed by atoms with E-state index in [0.717, 1.165) is 25.7 Å². The molecule has 0 bridgehead atoms. The molecule has 0 aliphatic heterocycles. The summed E-state index contributed by atoms with van der Waals surface area (Å²) < 4.78 is 25.2. The SMILES string of the molecule is O=[PH](O)C(=CC1CCCCC1)c1ccccc1F. The first kappa shape index (κ1) is 13.5. The highest BCUT2D eigenvalue weighted by molar-refractivity contribution is 7.50. The summed E-state index contributed by atoms with van der Waals surface area (Å²) in [4.78, 5) is 9.43. The molecule has 1 fully saturated rings. The average molecular weight is 268 g/mol. The summed E-state index contributed by atoms with van der Waals surface area (Å²) in [5.74, 6) is -0.110. The Balaban J connectivity index is 2.31. The third kappa shape index (κ3) is 3.30. The van der Waals surface area contributed by atoms with Crippen molar-refractivity contribution in [1.82, 2.24) is 0 Å². The lowest BCUT2D eigenvalue weighted by Gasteiger charge is -2.19. The third-order valence-electron chi connectivity index (χ3n) is 3.45. The fraction of sp³-hybridized carbons (Fsp3) is 0.429. The molecule has 2 nitrogen and oxygen atoms in total. The molecule has 1 aliphatic rings. The summed E-state index contributed by atoms with van der Waals surface area (Å²) in [5, 5.41) is 0.282. The Morgan fingerprint density at radius 3 is 2.56 bits per heavy atom. The van der Waals surface area contributed by atoms with Gasteiger partial charge < -0.3 is 4.89 Å². The molecule has 0 radical (unpaired) electrons. The first-order chi connectivity index (χ1) is 8.68. The van der Waals surface area contributed by atoms with Gasteiger partial charge >= 0.3 is 0 Å². The molecule has 1 aromatic carbocycles. The van der Waals surface area contributed by atoms with Crippen LogP contribution in [0.15, 0.2) is 30.3 Å². The van der Waals surface area contributed by atoms with Gasteiger partial charge in [-0.25, -0.2) is 4.39 Å². The van der Waals surface area contributed by atoms with Crippen molar-refractivity contribution in [2.24, 2.45) is 5.92 Å². The van der Waals surface area contributed by atoms with Crippen molar-refractivity contribution in [2.45, 2.75) is 32.1 Å². The van der Waals surface area contributed by atoms with Crippen LogP contribution in [0, 0.1) is 11.7 Å². The van der Waals surface area contributed by atoms with Crippen LogP contribution < -0.4 is 0 Å². The molecule has 0 heterocycles. The second-order valence-electron chi connectivity index (χ2n) is 4.76. The third-order valence-corrected chi connectivity index (χ3v) is 4.34. The van der Waals surface area contributed by atoms with Gasteiger partial charge in [-0.15, -0.1) is 0 Å². The normalized spacial score (nSPS) is 19.8. The summed E-state index contributed by atoms with van der Waals surface area (Å²) in [7, 11) is -2.88. The minimum absolute atomic E-state index is 0.273.